The van der Waals surface area contributed by atoms with E-state index in [1.54, 1.807) is 0 Å². The van der Waals surface area contributed by atoms with Gasteiger partial charge in [-0.25, -0.2) is 23.8 Å². The topological polar surface area (TPSA) is 118 Å². The number of imidazole rings is 1. The fourth-order valence-electron chi connectivity index (χ4n) is 1.49. The SMILES string of the molecule is C=C(C)C(=O)OCCOC(=O)c1ncn2c(=O)n(C)nnc12. The van der Waals surface area contributed by atoms with Gasteiger partial charge in [-0.15, -0.1) is 5.10 Å². The van der Waals surface area contributed by atoms with Crippen LogP contribution in [0.1, 0.15) is 17.4 Å². The molecule has 116 valence electrons. The molecule has 2 rings (SSSR count). The van der Waals surface area contributed by atoms with Crippen molar-refractivity contribution >= 4 is 17.6 Å². The lowest BCUT2D eigenvalue weighted by atomic mass is 10.4. The van der Waals surface area contributed by atoms with E-state index in [0.29, 0.717) is 0 Å². The summed E-state index contributed by atoms with van der Waals surface area (Å²) in [5, 5.41) is 7.29. The minimum absolute atomic E-state index is 0.00738. The highest BCUT2D eigenvalue weighted by atomic mass is 16.6. The molecule has 0 aromatic carbocycles. The van der Waals surface area contributed by atoms with Gasteiger partial charge in [-0.2, -0.15) is 4.68 Å². The van der Waals surface area contributed by atoms with Gasteiger partial charge in [0.2, 0.25) is 0 Å². The molecule has 0 aliphatic rings. The van der Waals surface area contributed by atoms with Crippen LogP contribution in [0.4, 0.5) is 0 Å². The Kier molecular flexibility index (Phi) is 4.30. The molecule has 2 aromatic heterocycles. The first kappa shape index (κ1) is 15.4. The molecule has 0 radical (unpaired) electrons. The zero-order valence-corrected chi connectivity index (χ0v) is 12.0. The monoisotopic (exact) mass is 307 g/mol. The summed E-state index contributed by atoms with van der Waals surface area (Å²) in [6, 6.07) is 0. The first-order valence-electron chi connectivity index (χ1n) is 6.18. The summed E-state index contributed by atoms with van der Waals surface area (Å²) >= 11 is 0. The highest BCUT2D eigenvalue weighted by Gasteiger charge is 2.18. The lowest BCUT2D eigenvalue weighted by Crippen LogP contribution is -2.27. The molecule has 0 atom stereocenters. The van der Waals surface area contributed by atoms with Gasteiger partial charge in [0.1, 0.15) is 19.5 Å². The Balaban J connectivity index is 2.02. The molecule has 0 N–H and O–H groups in total. The van der Waals surface area contributed by atoms with Crippen molar-refractivity contribution < 1.29 is 19.1 Å². The number of aromatic nitrogens is 5. The Labute approximate surface area is 124 Å². The van der Waals surface area contributed by atoms with Crippen LogP contribution in [0, 0.1) is 0 Å². The molecule has 0 aliphatic heterocycles. The van der Waals surface area contributed by atoms with Gasteiger partial charge in [0.15, 0.2) is 11.3 Å². The van der Waals surface area contributed by atoms with E-state index in [1.807, 2.05) is 0 Å². The largest absolute Gasteiger partial charge is 0.459 e. The Morgan fingerprint density at radius 3 is 2.68 bits per heavy atom. The van der Waals surface area contributed by atoms with Crippen molar-refractivity contribution in [2.24, 2.45) is 7.05 Å². The fourth-order valence-corrected chi connectivity index (χ4v) is 1.49. The second-order valence-corrected chi connectivity index (χ2v) is 4.33. The first-order chi connectivity index (χ1) is 10.4. The normalized spacial score (nSPS) is 10.5. The Bertz CT molecular complexity index is 806. The van der Waals surface area contributed by atoms with Crippen LogP contribution < -0.4 is 5.69 Å². The molecule has 2 heterocycles. The van der Waals surface area contributed by atoms with E-state index in [-0.39, 0.29) is 30.1 Å². The van der Waals surface area contributed by atoms with Crippen LogP contribution in [-0.4, -0.2) is 49.5 Å². The summed E-state index contributed by atoms with van der Waals surface area (Å²) in [6.45, 7) is 4.65. The van der Waals surface area contributed by atoms with Crippen LogP contribution in [0.15, 0.2) is 23.3 Å². The summed E-state index contributed by atoms with van der Waals surface area (Å²) in [5.74, 6) is -1.37. The zero-order chi connectivity index (χ0) is 16.3. The lowest BCUT2D eigenvalue weighted by Gasteiger charge is -2.05. The van der Waals surface area contributed by atoms with Gasteiger partial charge in [0.25, 0.3) is 0 Å². The fraction of sp³-hybridized carbons (Fsp3) is 0.333. The van der Waals surface area contributed by atoms with Crippen LogP contribution in [-0.2, 0) is 21.3 Å². The number of esters is 2. The van der Waals surface area contributed by atoms with E-state index in [1.165, 1.54) is 14.0 Å². The molecule has 10 heteroatoms. The maximum absolute atomic E-state index is 11.9. The highest BCUT2D eigenvalue weighted by molar-refractivity contribution is 5.93. The molecule has 22 heavy (non-hydrogen) atoms. The molecule has 0 bridgehead atoms. The van der Waals surface area contributed by atoms with Crippen LogP contribution in [0.2, 0.25) is 0 Å². The molecule has 10 nitrogen and oxygen atoms in total. The van der Waals surface area contributed by atoms with E-state index in [4.69, 9.17) is 9.47 Å². The number of nitrogens with zero attached hydrogens (tertiary/aromatic N) is 5. The highest BCUT2D eigenvalue weighted by Crippen LogP contribution is 2.04. The number of hydrogen-bond donors (Lipinski definition) is 0. The number of carbonyl (C=O) groups excluding carboxylic acids is 2. The summed E-state index contributed by atoms with van der Waals surface area (Å²) in [7, 11) is 1.42. The van der Waals surface area contributed by atoms with Crippen LogP contribution in [0.5, 0.6) is 0 Å². The predicted molar refractivity (Wildman–Crippen MR) is 72.1 cm³/mol. The third-order valence-corrected chi connectivity index (χ3v) is 2.59. The summed E-state index contributed by atoms with van der Waals surface area (Å²) < 4.78 is 11.7. The van der Waals surface area contributed by atoms with E-state index < -0.39 is 17.6 Å². The second kappa shape index (κ2) is 6.16. The first-order valence-corrected chi connectivity index (χ1v) is 6.18. The molecular formula is C12H13N5O5. The standard InChI is InChI=1S/C12H13N5O5/c1-7(2)10(18)21-4-5-22-11(19)8-9-14-15-16(3)12(20)17(9)6-13-8/h6H,1,4-5H2,2-3H3. The Hall–Kier alpha value is -3.04. The third-order valence-electron chi connectivity index (χ3n) is 2.59. The number of fused-ring (bicyclic) bond motifs is 1. The Morgan fingerprint density at radius 1 is 1.32 bits per heavy atom. The van der Waals surface area contributed by atoms with E-state index in [9.17, 15) is 14.4 Å². The van der Waals surface area contributed by atoms with Gasteiger partial charge in [0, 0.05) is 12.6 Å². The summed E-state index contributed by atoms with van der Waals surface area (Å²) in [5.41, 5.74) is -0.395. The third kappa shape index (κ3) is 3.00. The van der Waals surface area contributed by atoms with Gasteiger partial charge in [-0.05, 0) is 6.92 Å². The quantitative estimate of drug-likeness (QED) is 0.396. The zero-order valence-electron chi connectivity index (χ0n) is 12.0. The van der Waals surface area contributed by atoms with Crippen LogP contribution >= 0.6 is 0 Å². The van der Waals surface area contributed by atoms with Crippen molar-refractivity contribution in [2.45, 2.75) is 6.92 Å². The molecule has 0 saturated carbocycles. The molecule has 0 amide bonds. The Morgan fingerprint density at radius 2 is 2.00 bits per heavy atom. The molecular weight excluding hydrogens is 294 g/mol. The van der Waals surface area contributed by atoms with Gasteiger partial charge in [-0.3, -0.25) is 0 Å². The maximum atomic E-state index is 11.9. The minimum Gasteiger partial charge on any atom is -0.459 e. The van der Waals surface area contributed by atoms with Crippen molar-refractivity contribution in [3.63, 3.8) is 0 Å². The van der Waals surface area contributed by atoms with Gasteiger partial charge in [0.05, 0.1) is 0 Å². The predicted octanol–water partition coefficient (Wildman–Crippen LogP) is -0.901. The summed E-state index contributed by atoms with van der Waals surface area (Å²) in [6.07, 6.45) is 1.16. The van der Waals surface area contributed by atoms with Crippen molar-refractivity contribution in [2.75, 3.05) is 13.2 Å². The number of hydrogen-bond acceptors (Lipinski definition) is 8. The number of ether oxygens (including phenoxy) is 2. The van der Waals surface area contributed by atoms with Crippen molar-refractivity contribution in [1.29, 1.82) is 0 Å². The number of aryl methyl sites for hydroxylation is 1. The van der Waals surface area contributed by atoms with E-state index >= 15 is 0 Å². The van der Waals surface area contributed by atoms with Gasteiger partial charge in [-0.1, -0.05) is 11.8 Å². The maximum Gasteiger partial charge on any atom is 0.361 e. The van der Waals surface area contributed by atoms with E-state index in [0.717, 1.165) is 15.4 Å². The molecule has 0 fully saturated rings. The molecule has 0 saturated heterocycles. The summed E-state index contributed by atoms with van der Waals surface area (Å²) in [4.78, 5) is 38.5. The van der Waals surface area contributed by atoms with Crippen molar-refractivity contribution in [1.82, 2.24) is 24.4 Å². The van der Waals surface area contributed by atoms with Crippen LogP contribution in [0.25, 0.3) is 5.65 Å². The second-order valence-electron chi connectivity index (χ2n) is 4.33. The van der Waals surface area contributed by atoms with Crippen molar-refractivity contribution in [3.05, 3.63) is 34.7 Å². The average molecular weight is 307 g/mol. The molecule has 2 aromatic rings. The van der Waals surface area contributed by atoms with E-state index in [2.05, 4.69) is 21.9 Å². The lowest BCUT2D eigenvalue weighted by molar-refractivity contribution is -0.140. The smallest absolute Gasteiger partial charge is 0.361 e. The average Bonchev–Trinajstić information content (AvgIpc) is 2.91. The number of carbonyl (C=O) groups is 2. The molecule has 0 spiro atoms. The van der Waals surface area contributed by atoms with Gasteiger partial charge < -0.3 is 9.47 Å². The minimum atomic E-state index is -0.795. The van der Waals surface area contributed by atoms with Crippen molar-refractivity contribution in [3.8, 4) is 0 Å². The number of rotatable bonds is 5. The molecule has 0 aliphatic carbocycles. The van der Waals surface area contributed by atoms with Crippen LogP contribution in [0.3, 0.4) is 0 Å². The van der Waals surface area contributed by atoms with Gasteiger partial charge >= 0.3 is 17.6 Å². The molecule has 0 unspecified atom stereocenters.